The molecule has 1 aromatic rings. The highest BCUT2D eigenvalue weighted by atomic mass is 35.5. The van der Waals surface area contributed by atoms with Crippen LogP contribution in [0.2, 0.25) is 10.0 Å². The summed E-state index contributed by atoms with van der Waals surface area (Å²) in [6.07, 6.45) is 4.09. The van der Waals surface area contributed by atoms with Crippen molar-refractivity contribution in [2.75, 3.05) is 0 Å². The number of rotatable bonds is 2. The molecule has 0 N–H and O–H groups in total. The fourth-order valence-corrected chi connectivity index (χ4v) is 2.63. The molecule has 1 nitrogen and oxygen atoms in total. The fourth-order valence-electron chi connectivity index (χ4n) is 2.26. The van der Waals surface area contributed by atoms with Crippen molar-refractivity contribution in [3.8, 4) is 5.75 Å². The van der Waals surface area contributed by atoms with Crippen molar-refractivity contribution in [2.45, 2.75) is 45.1 Å². The van der Waals surface area contributed by atoms with Gasteiger partial charge in [0, 0.05) is 0 Å². The van der Waals surface area contributed by atoms with Crippen LogP contribution in [0.5, 0.6) is 5.75 Å². The van der Waals surface area contributed by atoms with Crippen LogP contribution in [0, 0.1) is 0 Å². The molecule has 1 aliphatic rings. The molecule has 0 bridgehead atoms. The minimum atomic E-state index is -0.0542. The molecule has 0 radical (unpaired) electrons. The van der Waals surface area contributed by atoms with Crippen molar-refractivity contribution in [1.82, 2.24) is 0 Å². The van der Waals surface area contributed by atoms with Gasteiger partial charge in [0.25, 0.3) is 0 Å². The highest BCUT2D eigenvalue weighted by Gasteiger charge is 2.34. The van der Waals surface area contributed by atoms with Gasteiger partial charge in [-0.3, -0.25) is 0 Å². The van der Waals surface area contributed by atoms with Gasteiger partial charge in [-0.15, -0.1) is 0 Å². The van der Waals surface area contributed by atoms with E-state index in [0.717, 1.165) is 31.4 Å². The molecule has 0 aliphatic carbocycles. The Bertz CT molecular complexity index is 397. The van der Waals surface area contributed by atoms with E-state index in [-0.39, 0.29) is 5.60 Å². The molecule has 1 heterocycles. The first-order valence-electron chi connectivity index (χ1n) is 5.78. The van der Waals surface area contributed by atoms with Crippen LogP contribution in [0.25, 0.3) is 0 Å². The number of benzene rings is 1. The van der Waals surface area contributed by atoms with Crippen LogP contribution in [0.15, 0.2) is 12.1 Å². The Morgan fingerprint density at radius 3 is 2.56 bits per heavy atom. The van der Waals surface area contributed by atoms with Gasteiger partial charge in [-0.1, -0.05) is 43.1 Å². The van der Waals surface area contributed by atoms with Gasteiger partial charge in [0.15, 0.2) is 0 Å². The van der Waals surface area contributed by atoms with Gasteiger partial charge in [-0.25, -0.2) is 0 Å². The molecule has 0 spiro atoms. The fraction of sp³-hybridized carbons (Fsp3) is 0.538. The summed E-state index contributed by atoms with van der Waals surface area (Å²) in [6.45, 7) is 4.32. The molecule has 1 aliphatic heterocycles. The normalized spacial score (nSPS) is 17.8. The Morgan fingerprint density at radius 2 is 1.94 bits per heavy atom. The first kappa shape index (κ1) is 12.1. The Labute approximate surface area is 107 Å². The van der Waals surface area contributed by atoms with E-state index in [9.17, 15) is 0 Å². The molecule has 3 heteroatoms. The number of aryl methyl sites for hydroxylation is 1. The first-order chi connectivity index (χ1) is 7.62. The zero-order valence-corrected chi connectivity index (χ0v) is 11.2. The third-order valence-corrected chi connectivity index (χ3v) is 4.38. The summed E-state index contributed by atoms with van der Waals surface area (Å²) in [6, 6.07) is 3.86. The number of halogens is 2. The molecule has 0 atom stereocenters. The topological polar surface area (TPSA) is 9.23 Å². The molecule has 0 amide bonds. The van der Waals surface area contributed by atoms with E-state index in [2.05, 4.69) is 13.8 Å². The zero-order chi connectivity index (χ0) is 11.8. The second kappa shape index (κ2) is 4.46. The molecule has 88 valence electrons. The van der Waals surface area contributed by atoms with Gasteiger partial charge in [-0.2, -0.15) is 0 Å². The molecule has 0 saturated heterocycles. The van der Waals surface area contributed by atoms with Crippen LogP contribution in [-0.4, -0.2) is 5.60 Å². The number of hydrogen-bond acceptors (Lipinski definition) is 1. The average molecular weight is 259 g/mol. The van der Waals surface area contributed by atoms with Crippen LogP contribution in [0.4, 0.5) is 0 Å². The van der Waals surface area contributed by atoms with E-state index in [1.54, 1.807) is 0 Å². The van der Waals surface area contributed by atoms with Gasteiger partial charge in [-0.05, 0) is 37.3 Å². The minimum Gasteiger partial charge on any atom is -0.485 e. The van der Waals surface area contributed by atoms with Gasteiger partial charge < -0.3 is 4.74 Å². The summed E-state index contributed by atoms with van der Waals surface area (Å²) in [5, 5.41) is 1.13. The van der Waals surface area contributed by atoms with E-state index in [1.807, 2.05) is 12.1 Å². The largest absolute Gasteiger partial charge is 0.485 e. The lowest BCUT2D eigenvalue weighted by molar-refractivity contribution is 0.0384. The molecular weight excluding hydrogens is 243 g/mol. The maximum Gasteiger partial charge on any atom is 0.143 e. The lowest BCUT2D eigenvalue weighted by Crippen LogP contribution is -2.38. The van der Waals surface area contributed by atoms with E-state index >= 15 is 0 Å². The Hall–Kier alpha value is -0.400. The molecule has 1 aromatic carbocycles. The summed E-state index contributed by atoms with van der Waals surface area (Å²) in [7, 11) is 0. The predicted molar refractivity (Wildman–Crippen MR) is 68.7 cm³/mol. The van der Waals surface area contributed by atoms with Crippen LogP contribution >= 0.6 is 23.2 Å². The molecule has 0 saturated carbocycles. The molecule has 2 rings (SSSR count). The van der Waals surface area contributed by atoms with Gasteiger partial charge in [0.1, 0.15) is 16.4 Å². The van der Waals surface area contributed by atoms with Gasteiger partial charge >= 0.3 is 0 Å². The Kier molecular flexibility index (Phi) is 3.37. The monoisotopic (exact) mass is 258 g/mol. The van der Waals surface area contributed by atoms with E-state index < -0.39 is 0 Å². The van der Waals surface area contributed by atoms with Crippen LogP contribution in [0.1, 0.15) is 38.7 Å². The number of hydrogen-bond donors (Lipinski definition) is 0. The lowest BCUT2D eigenvalue weighted by Gasteiger charge is -2.38. The summed E-state index contributed by atoms with van der Waals surface area (Å²) in [5.41, 5.74) is 1.12. The van der Waals surface area contributed by atoms with E-state index in [4.69, 9.17) is 27.9 Å². The highest BCUT2D eigenvalue weighted by Crippen LogP contribution is 2.43. The number of ether oxygens (including phenoxy) is 1. The molecular formula is C13H16Cl2O. The molecule has 0 fully saturated rings. The maximum atomic E-state index is 6.20. The third kappa shape index (κ3) is 1.91. The van der Waals surface area contributed by atoms with Crippen molar-refractivity contribution in [3.05, 3.63) is 27.7 Å². The molecule has 0 aromatic heterocycles. The smallest absolute Gasteiger partial charge is 0.143 e. The summed E-state index contributed by atoms with van der Waals surface area (Å²) in [4.78, 5) is 0. The summed E-state index contributed by atoms with van der Waals surface area (Å²) >= 11 is 12.2. The Morgan fingerprint density at radius 1 is 1.25 bits per heavy atom. The van der Waals surface area contributed by atoms with E-state index in [1.165, 1.54) is 5.56 Å². The maximum absolute atomic E-state index is 6.20. The van der Waals surface area contributed by atoms with Crippen molar-refractivity contribution in [2.24, 2.45) is 0 Å². The quantitative estimate of drug-likeness (QED) is 0.735. The van der Waals surface area contributed by atoms with Gasteiger partial charge in [0.2, 0.25) is 0 Å². The summed E-state index contributed by atoms with van der Waals surface area (Å²) < 4.78 is 6.11. The van der Waals surface area contributed by atoms with Crippen molar-refractivity contribution in [1.29, 1.82) is 0 Å². The first-order valence-corrected chi connectivity index (χ1v) is 6.53. The van der Waals surface area contributed by atoms with Crippen LogP contribution in [0.3, 0.4) is 0 Å². The van der Waals surface area contributed by atoms with Crippen molar-refractivity contribution >= 4 is 23.2 Å². The van der Waals surface area contributed by atoms with Crippen molar-refractivity contribution in [3.63, 3.8) is 0 Å². The number of fused-ring (bicyclic) bond motifs is 1. The minimum absolute atomic E-state index is 0.0542. The lowest BCUT2D eigenvalue weighted by atomic mass is 9.87. The molecule has 0 unspecified atom stereocenters. The highest BCUT2D eigenvalue weighted by molar-refractivity contribution is 6.43. The summed E-state index contributed by atoms with van der Waals surface area (Å²) in [5.74, 6) is 0.795. The second-order valence-corrected chi connectivity index (χ2v) is 5.13. The van der Waals surface area contributed by atoms with Crippen LogP contribution < -0.4 is 4.74 Å². The average Bonchev–Trinajstić information content (AvgIpc) is 2.34. The SMILES string of the molecule is CCC1(CC)CCc2ccc(Cl)c(Cl)c2O1. The van der Waals surface area contributed by atoms with Gasteiger partial charge in [0.05, 0.1) is 5.02 Å². The standard InChI is InChI=1S/C13H16Cl2O/c1-3-13(4-2)8-7-9-5-6-10(14)11(15)12(9)16-13/h5-6H,3-4,7-8H2,1-2H3. The Balaban J connectivity index is 2.42. The zero-order valence-electron chi connectivity index (χ0n) is 9.65. The predicted octanol–water partition coefficient (Wildman–Crippen LogP) is 4.88. The van der Waals surface area contributed by atoms with E-state index in [0.29, 0.717) is 10.0 Å². The second-order valence-electron chi connectivity index (χ2n) is 4.34. The van der Waals surface area contributed by atoms with Crippen molar-refractivity contribution < 1.29 is 4.74 Å². The third-order valence-electron chi connectivity index (χ3n) is 3.59. The van der Waals surface area contributed by atoms with Crippen LogP contribution in [-0.2, 0) is 6.42 Å². The molecule has 16 heavy (non-hydrogen) atoms.